The zero-order valence-electron chi connectivity index (χ0n) is 12.9. The summed E-state index contributed by atoms with van der Waals surface area (Å²) in [4.78, 5) is 16.0. The third-order valence-corrected chi connectivity index (χ3v) is 3.74. The Morgan fingerprint density at radius 3 is 2.82 bits per heavy atom. The molecule has 0 bridgehead atoms. The summed E-state index contributed by atoms with van der Waals surface area (Å²) in [6.07, 6.45) is 1.51. The van der Waals surface area contributed by atoms with E-state index in [4.69, 9.17) is 4.74 Å². The highest BCUT2D eigenvalue weighted by atomic mass is 32.2. The number of aromatic nitrogens is 3. The fraction of sp³-hybridized carbons (Fsp3) is 0.400. The fourth-order valence-corrected chi connectivity index (χ4v) is 2.55. The van der Waals surface area contributed by atoms with Gasteiger partial charge in [0.2, 0.25) is 5.91 Å². The molecule has 1 heterocycles. The summed E-state index contributed by atoms with van der Waals surface area (Å²) in [5.74, 6) is 1.02. The number of thioether (sulfide) groups is 1. The molecular weight excluding hydrogens is 300 g/mol. The van der Waals surface area contributed by atoms with Crippen LogP contribution >= 0.6 is 11.8 Å². The van der Waals surface area contributed by atoms with Crippen LogP contribution in [0.2, 0.25) is 0 Å². The first kappa shape index (κ1) is 16.4. The Balaban J connectivity index is 1.93. The molecule has 6 nitrogen and oxygen atoms in total. The van der Waals surface area contributed by atoms with Crippen molar-refractivity contribution in [3.05, 3.63) is 36.2 Å². The molecule has 1 aromatic carbocycles. The second-order valence-electron chi connectivity index (χ2n) is 5.07. The molecule has 0 unspecified atom stereocenters. The van der Waals surface area contributed by atoms with Crippen molar-refractivity contribution in [3.8, 4) is 5.75 Å². The van der Waals surface area contributed by atoms with E-state index in [1.807, 2.05) is 45.0 Å². The van der Waals surface area contributed by atoms with E-state index in [1.54, 1.807) is 0 Å². The number of aromatic amines is 1. The van der Waals surface area contributed by atoms with Crippen LogP contribution in [0.4, 0.5) is 0 Å². The number of H-pyrrole nitrogens is 1. The average molecular weight is 320 g/mol. The average Bonchev–Trinajstić information content (AvgIpc) is 2.98. The van der Waals surface area contributed by atoms with Crippen LogP contribution in [0, 0.1) is 0 Å². The van der Waals surface area contributed by atoms with Gasteiger partial charge in [-0.05, 0) is 26.8 Å². The number of hydrogen-bond acceptors (Lipinski definition) is 5. The van der Waals surface area contributed by atoms with E-state index in [9.17, 15) is 4.79 Å². The van der Waals surface area contributed by atoms with Crippen LogP contribution in [0.3, 0.4) is 0 Å². The molecule has 7 heteroatoms. The van der Waals surface area contributed by atoms with Crippen LogP contribution in [0.25, 0.3) is 0 Å². The number of carbonyl (C=O) groups excluding carboxylic acids is 1. The highest BCUT2D eigenvalue weighted by Gasteiger charge is 2.15. The van der Waals surface area contributed by atoms with Gasteiger partial charge in [-0.25, -0.2) is 4.98 Å². The number of benzene rings is 1. The molecule has 22 heavy (non-hydrogen) atoms. The molecule has 1 amide bonds. The van der Waals surface area contributed by atoms with Crippen molar-refractivity contribution >= 4 is 17.7 Å². The molecule has 0 saturated carbocycles. The smallest absolute Gasteiger partial charge is 0.230 e. The van der Waals surface area contributed by atoms with Crippen LogP contribution in [0.5, 0.6) is 5.75 Å². The third kappa shape index (κ3) is 4.77. The molecule has 0 fully saturated rings. The topological polar surface area (TPSA) is 79.9 Å². The second-order valence-corrected chi connectivity index (χ2v) is 6.04. The maximum atomic E-state index is 12.0. The first-order chi connectivity index (χ1) is 10.6. The molecule has 118 valence electrons. The maximum Gasteiger partial charge on any atom is 0.230 e. The first-order valence-electron chi connectivity index (χ1n) is 7.09. The summed E-state index contributed by atoms with van der Waals surface area (Å²) in [7, 11) is 0. The number of hydrogen-bond donors (Lipinski definition) is 2. The second kappa shape index (κ2) is 7.84. The van der Waals surface area contributed by atoms with E-state index < -0.39 is 0 Å². The molecule has 0 aliphatic carbocycles. The van der Waals surface area contributed by atoms with E-state index in [-0.39, 0.29) is 23.8 Å². The van der Waals surface area contributed by atoms with E-state index in [2.05, 4.69) is 20.5 Å². The van der Waals surface area contributed by atoms with Gasteiger partial charge in [-0.2, -0.15) is 5.10 Å². The Bertz CT molecular complexity index is 601. The lowest BCUT2D eigenvalue weighted by molar-refractivity contribution is -0.119. The van der Waals surface area contributed by atoms with E-state index in [0.29, 0.717) is 5.16 Å². The van der Waals surface area contributed by atoms with Crippen LogP contribution in [-0.2, 0) is 4.79 Å². The number of ether oxygens (including phenoxy) is 1. The third-order valence-electron chi connectivity index (χ3n) is 2.86. The van der Waals surface area contributed by atoms with Gasteiger partial charge >= 0.3 is 0 Å². The molecular formula is C15H20N4O2S. The van der Waals surface area contributed by atoms with Crippen molar-refractivity contribution in [2.45, 2.75) is 38.1 Å². The lowest BCUT2D eigenvalue weighted by Crippen LogP contribution is -2.28. The van der Waals surface area contributed by atoms with Crippen molar-refractivity contribution in [2.75, 3.05) is 5.75 Å². The van der Waals surface area contributed by atoms with E-state index in [0.717, 1.165) is 11.3 Å². The summed E-state index contributed by atoms with van der Waals surface area (Å²) >= 11 is 1.31. The molecule has 2 N–H and O–H groups in total. The van der Waals surface area contributed by atoms with Gasteiger partial charge in [0.1, 0.15) is 12.1 Å². The lowest BCUT2D eigenvalue weighted by atomic mass is 10.1. The molecule has 1 aromatic heterocycles. The van der Waals surface area contributed by atoms with Crippen LogP contribution in [0.15, 0.2) is 35.7 Å². The van der Waals surface area contributed by atoms with Crippen molar-refractivity contribution in [1.29, 1.82) is 0 Å². The first-order valence-corrected chi connectivity index (χ1v) is 8.08. The maximum absolute atomic E-state index is 12.0. The summed E-state index contributed by atoms with van der Waals surface area (Å²) in [6.45, 7) is 5.90. The summed E-state index contributed by atoms with van der Waals surface area (Å²) in [5, 5.41) is 10.1. The molecule has 2 rings (SSSR count). The number of amides is 1. The Morgan fingerprint density at radius 1 is 1.36 bits per heavy atom. The van der Waals surface area contributed by atoms with Gasteiger partial charge in [0.05, 0.1) is 17.9 Å². The van der Waals surface area contributed by atoms with Gasteiger partial charge < -0.3 is 10.1 Å². The van der Waals surface area contributed by atoms with Gasteiger partial charge in [-0.1, -0.05) is 30.0 Å². The van der Waals surface area contributed by atoms with Crippen molar-refractivity contribution < 1.29 is 9.53 Å². The molecule has 0 saturated heterocycles. The van der Waals surface area contributed by atoms with Gasteiger partial charge in [-0.15, -0.1) is 0 Å². The predicted molar refractivity (Wildman–Crippen MR) is 85.9 cm³/mol. The highest BCUT2D eigenvalue weighted by Crippen LogP contribution is 2.25. The highest BCUT2D eigenvalue weighted by molar-refractivity contribution is 7.99. The Kier molecular flexibility index (Phi) is 5.83. The van der Waals surface area contributed by atoms with Gasteiger partial charge in [-0.3, -0.25) is 9.89 Å². The molecule has 2 aromatic rings. The number of para-hydroxylation sites is 1. The van der Waals surface area contributed by atoms with Crippen LogP contribution in [0.1, 0.15) is 32.4 Å². The minimum Gasteiger partial charge on any atom is -0.491 e. The number of carbonyl (C=O) groups is 1. The van der Waals surface area contributed by atoms with Crippen molar-refractivity contribution in [2.24, 2.45) is 0 Å². The van der Waals surface area contributed by atoms with Gasteiger partial charge in [0.15, 0.2) is 5.16 Å². The standard InChI is InChI=1S/C15H20N4O2S/c1-10(2)21-13-7-5-4-6-12(13)11(3)18-14(20)8-22-15-16-9-17-19-15/h4-7,9-11H,8H2,1-3H3,(H,18,20)(H,16,17,19)/t11-/m0/s1. The Morgan fingerprint density at radius 2 is 2.14 bits per heavy atom. The van der Waals surface area contributed by atoms with Crippen LogP contribution < -0.4 is 10.1 Å². The Labute approximate surface area is 134 Å². The Hall–Kier alpha value is -2.02. The molecule has 0 aliphatic heterocycles. The van der Waals surface area contributed by atoms with Crippen molar-refractivity contribution in [3.63, 3.8) is 0 Å². The van der Waals surface area contributed by atoms with Gasteiger partial charge in [0, 0.05) is 5.56 Å². The summed E-state index contributed by atoms with van der Waals surface area (Å²) in [5.41, 5.74) is 0.967. The minimum atomic E-state index is -0.127. The fourth-order valence-electron chi connectivity index (χ4n) is 1.96. The van der Waals surface area contributed by atoms with E-state index >= 15 is 0 Å². The SMILES string of the molecule is CC(C)Oc1ccccc1[C@H](C)NC(=O)CSc1ncn[nH]1. The summed E-state index contributed by atoms with van der Waals surface area (Å²) < 4.78 is 5.79. The zero-order valence-corrected chi connectivity index (χ0v) is 13.7. The number of rotatable bonds is 7. The molecule has 1 atom stereocenters. The zero-order chi connectivity index (χ0) is 15.9. The molecule has 0 radical (unpaired) electrons. The quantitative estimate of drug-likeness (QED) is 0.766. The number of nitrogens with zero attached hydrogens (tertiary/aromatic N) is 2. The van der Waals surface area contributed by atoms with Crippen molar-refractivity contribution in [1.82, 2.24) is 20.5 Å². The monoisotopic (exact) mass is 320 g/mol. The van der Waals surface area contributed by atoms with Crippen LogP contribution in [-0.4, -0.2) is 32.9 Å². The normalized spacial score (nSPS) is 12.2. The number of nitrogens with one attached hydrogen (secondary N) is 2. The largest absolute Gasteiger partial charge is 0.491 e. The van der Waals surface area contributed by atoms with Gasteiger partial charge in [0.25, 0.3) is 0 Å². The lowest BCUT2D eigenvalue weighted by Gasteiger charge is -2.19. The molecule has 0 aliphatic rings. The minimum absolute atomic E-state index is 0.0618. The summed E-state index contributed by atoms with van der Waals surface area (Å²) in [6, 6.07) is 7.62. The van der Waals surface area contributed by atoms with E-state index in [1.165, 1.54) is 18.1 Å². The predicted octanol–water partition coefficient (Wildman–Crippen LogP) is 2.56. The molecule has 0 spiro atoms.